The molecule has 0 bridgehead atoms. The summed E-state index contributed by atoms with van der Waals surface area (Å²) in [6.07, 6.45) is 7.42. The summed E-state index contributed by atoms with van der Waals surface area (Å²) in [6, 6.07) is 9.87. The van der Waals surface area contributed by atoms with Gasteiger partial charge in [0.2, 0.25) is 11.8 Å². The fourth-order valence-corrected chi connectivity index (χ4v) is 4.93. The van der Waals surface area contributed by atoms with Crippen LogP contribution in [0.1, 0.15) is 63.7 Å². The molecule has 2 unspecified atom stereocenters. The largest absolute Gasteiger partial charge is 0.480 e. The number of unbranched alkanes of at least 4 members (excludes halogenated alkanes) is 2. The number of rotatable bonds is 13. The molecule has 8 nitrogen and oxygen atoms in total. The number of fused-ring (bicyclic) bond motifs is 1. The third kappa shape index (κ3) is 6.95. The number of Topliss-reactive ketones (excluding diaryl/α,β-unsaturated/α-hetero) is 1. The molecule has 0 spiro atoms. The Morgan fingerprint density at radius 1 is 1.24 bits per heavy atom. The fourth-order valence-electron chi connectivity index (χ4n) is 4.93. The first-order valence-corrected chi connectivity index (χ1v) is 13.4. The fraction of sp³-hybridized carbons (Fsp3) is 0.517. The Labute approximate surface area is 218 Å². The van der Waals surface area contributed by atoms with Gasteiger partial charge in [0, 0.05) is 31.3 Å². The van der Waals surface area contributed by atoms with Gasteiger partial charge >= 0.3 is 0 Å². The van der Waals surface area contributed by atoms with E-state index in [9.17, 15) is 9.59 Å². The minimum absolute atomic E-state index is 0.0266. The Morgan fingerprint density at radius 2 is 2.08 bits per heavy atom. The Balaban J connectivity index is 1.48. The number of ether oxygens (including phenoxy) is 1. The SMILES string of the molecule is CCC(=O)CCCCCC(CNC(=O)C1CCN(C)C1)c1ncc(-c2cc3ccccc3nc2OC)o1. The van der Waals surface area contributed by atoms with Crippen molar-refractivity contribution in [2.75, 3.05) is 33.8 Å². The molecule has 4 rings (SSSR count). The first-order chi connectivity index (χ1) is 18.0. The zero-order valence-corrected chi connectivity index (χ0v) is 22.2. The van der Waals surface area contributed by atoms with Crippen LogP contribution in [-0.2, 0) is 9.59 Å². The molecule has 8 heteroatoms. The molecule has 1 saturated heterocycles. The van der Waals surface area contributed by atoms with Gasteiger partial charge in [-0.05, 0) is 45.0 Å². The second-order valence-electron chi connectivity index (χ2n) is 9.98. The Bertz CT molecular complexity index is 1210. The predicted octanol–water partition coefficient (Wildman–Crippen LogP) is 4.98. The van der Waals surface area contributed by atoms with E-state index in [1.165, 1.54) is 0 Å². The van der Waals surface area contributed by atoms with E-state index >= 15 is 0 Å². The van der Waals surface area contributed by atoms with Crippen LogP contribution in [-0.4, -0.2) is 60.4 Å². The molecule has 1 amide bonds. The number of carbonyl (C=O) groups excluding carboxylic acids is 2. The van der Waals surface area contributed by atoms with Crippen molar-refractivity contribution in [2.24, 2.45) is 5.92 Å². The molecule has 0 saturated carbocycles. The average Bonchev–Trinajstić information content (AvgIpc) is 3.58. The molecule has 1 fully saturated rings. The number of hydrogen-bond donors (Lipinski definition) is 1. The van der Waals surface area contributed by atoms with Crippen LogP contribution < -0.4 is 10.1 Å². The van der Waals surface area contributed by atoms with Crippen LogP contribution in [0.2, 0.25) is 0 Å². The van der Waals surface area contributed by atoms with Crippen LogP contribution in [0.15, 0.2) is 40.9 Å². The molecule has 3 aromatic rings. The van der Waals surface area contributed by atoms with Crippen LogP contribution in [0, 0.1) is 5.92 Å². The Kier molecular flexibility index (Phi) is 9.28. The number of oxazole rings is 1. The van der Waals surface area contributed by atoms with Crippen LogP contribution in [0.3, 0.4) is 0 Å². The second kappa shape index (κ2) is 12.8. The number of pyridine rings is 1. The van der Waals surface area contributed by atoms with Gasteiger partial charge in [0.05, 0.1) is 36.2 Å². The van der Waals surface area contributed by atoms with Crippen LogP contribution >= 0.6 is 0 Å². The van der Waals surface area contributed by atoms with Gasteiger partial charge in [-0.3, -0.25) is 9.59 Å². The second-order valence-corrected chi connectivity index (χ2v) is 9.98. The van der Waals surface area contributed by atoms with E-state index in [0.29, 0.717) is 42.7 Å². The maximum absolute atomic E-state index is 12.8. The smallest absolute Gasteiger partial charge is 0.224 e. The molecule has 3 heterocycles. The van der Waals surface area contributed by atoms with Gasteiger partial charge in [0.15, 0.2) is 11.7 Å². The maximum atomic E-state index is 12.8. The van der Waals surface area contributed by atoms with Gasteiger partial charge in [-0.1, -0.05) is 38.0 Å². The zero-order valence-electron chi connectivity index (χ0n) is 22.2. The molecule has 0 radical (unpaired) electrons. The highest BCUT2D eigenvalue weighted by atomic mass is 16.5. The number of carbonyl (C=O) groups is 2. The van der Waals surface area contributed by atoms with E-state index in [0.717, 1.165) is 61.7 Å². The first kappa shape index (κ1) is 26.8. The van der Waals surface area contributed by atoms with Crippen LogP contribution in [0.4, 0.5) is 0 Å². The summed E-state index contributed by atoms with van der Waals surface area (Å²) in [6.45, 7) is 4.12. The summed E-state index contributed by atoms with van der Waals surface area (Å²) in [5, 5.41) is 4.14. The summed E-state index contributed by atoms with van der Waals surface area (Å²) in [7, 11) is 3.64. The summed E-state index contributed by atoms with van der Waals surface area (Å²) in [4.78, 5) is 35.9. The molecule has 1 N–H and O–H groups in total. The Hall–Kier alpha value is -3.26. The lowest BCUT2D eigenvalue weighted by Gasteiger charge is -2.17. The van der Waals surface area contributed by atoms with Crippen molar-refractivity contribution in [1.82, 2.24) is 20.2 Å². The quantitative estimate of drug-likeness (QED) is 0.327. The van der Waals surface area contributed by atoms with Crippen molar-refractivity contribution in [3.05, 3.63) is 42.4 Å². The molecule has 0 aliphatic carbocycles. The Morgan fingerprint density at radius 3 is 2.84 bits per heavy atom. The molecule has 198 valence electrons. The molecule has 1 aliphatic rings. The lowest BCUT2D eigenvalue weighted by molar-refractivity contribution is -0.124. The molecular formula is C29H38N4O4. The average molecular weight is 507 g/mol. The number of ketones is 1. The number of methoxy groups -OCH3 is 1. The molecule has 1 aromatic carbocycles. The molecule has 2 atom stereocenters. The number of nitrogens with one attached hydrogen (secondary N) is 1. The summed E-state index contributed by atoms with van der Waals surface area (Å²) in [5.74, 6) is 2.04. The lowest BCUT2D eigenvalue weighted by atomic mass is 9.99. The van der Waals surface area contributed by atoms with E-state index in [4.69, 9.17) is 9.15 Å². The van der Waals surface area contributed by atoms with Crippen molar-refractivity contribution in [2.45, 2.75) is 57.8 Å². The number of amides is 1. The van der Waals surface area contributed by atoms with Crippen molar-refractivity contribution in [3.8, 4) is 17.2 Å². The number of benzene rings is 1. The number of nitrogens with zero attached hydrogens (tertiary/aromatic N) is 3. The molecule has 37 heavy (non-hydrogen) atoms. The van der Waals surface area contributed by atoms with Crippen molar-refractivity contribution >= 4 is 22.6 Å². The number of aromatic nitrogens is 2. The topological polar surface area (TPSA) is 97.6 Å². The summed E-state index contributed by atoms with van der Waals surface area (Å²) >= 11 is 0. The maximum Gasteiger partial charge on any atom is 0.224 e. The minimum atomic E-state index is -0.0573. The van der Waals surface area contributed by atoms with Crippen molar-refractivity contribution in [3.63, 3.8) is 0 Å². The zero-order chi connectivity index (χ0) is 26.2. The van der Waals surface area contributed by atoms with Gasteiger partial charge in [-0.2, -0.15) is 0 Å². The van der Waals surface area contributed by atoms with E-state index in [2.05, 4.69) is 20.2 Å². The van der Waals surface area contributed by atoms with E-state index in [1.807, 2.05) is 44.3 Å². The van der Waals surface area contributed by atoms with Gasteiger partial charge in [-0.15, -0.1) is 0 Å². The van der Waals surface area contributed by atoms with Crippen molar-refractivity contribution in [1.29, 1.82) is 0 Å². The number of likely N-dealkylation sites (tertiary alicyclic amines) is 1. The van der Waals surface area contributed by atoms with Gasteiger partial charge in [0.25, 0.3) is 0 Å². The van der Waals surface area contributed by atoms with E-state index in [-0.39, 0.29) is 17.7 Å². The van der Waals surface area contributed by atoms with Gasteiger partial charge in [0.1, 0.15) is 5.78 Å². The molecular weight excluding hydrogens is 468 g/mol. The summed E-state index contributed by atoms with van der Waals surface area (Å²) < 4.78 is 11.8. The van der Waals surface area contributed by atoms with E-state index < -0.39 is 0 Å². The normalized spacial score (nSPS) is 16.7. The van der Waals surface area contributed by atoms with Crippen molar-refractivity contribution < 1.29 is 18.7 Å². The highest BCUT2D eigenvalue weighted by Crippen LogP contribution is 2.34. The number of para-hydroxylation sites is 1. The van der Waals surface area contributed by atoms with Crippen LogP contribution in [0.5, 0.6) is 5.88 Å². The van der Waals surface area contributed by atoms with Gasteiger partial charge < -0.3 is 19.4 Å². The first-order valence-electron chi connectivity index (χ1n) is 13.4. The van der Waals surface area contributed by atoms with Crippen LogP contribution in [0.25, 0.3) is 22.2 Å². The highest BCUT2D eigenvalue weighted by Gasteiger charge is 2.27. The monoisotopic (exact) mass is 506 g/mol. The lowest BCUT2D eigenvalue weighted by Crippen LogP contribution is -2.35. The van der Waals surface area contributed by atoms with Gasteiger partial charge in [-0.25, -0.2) is 9.97 Å². The molecule has 2 aromatic heterocycles. The molecule has 1 aliphatic heterocycles. The minimum Gasteiger partial charge on any atom is -0.480 e. The standard InChI is InChI=1S/C29H38N4O4/c1-4-23(34)12-7-5-6-11-21(17-30-27(35)22-14-15-33(2)19-22)28-31-18-26(37-28)24-16-20-10-8-9-13-25(20)32-29(24)36-3/h8-10,13,16,18,21-22H,4-7,11-12,14-15,17,19H2,1-3H3,(H,30,35). The highest BCUT2D eigenvalue weighted by molar-refractivity contribution is 5.85. The summed E-state index contributed by atoms with van der Waals surface area (Å²) in [5.41, 5.74) is 1.59. The number of hydrogen-bond acceptors (Lipinski definition) is 7. The predicted molar refractivity (Wildman–Crippen MR) is 144 cm³/mol. The van der Waals surface area contributed by atoms with E-state index in [1.54, 1.807) is 13.3 Å². The third-order valence-electron chi connectivity index (χ3n) is 7.21. The third-order valence-corrected chi connectivity index (χ3v) is 7.21.